The van der Waals surface area contributed by atoms with Crippen LogP contribution in [0.25, 0.3) is 0 Å². The average molecular weight is 369 g/mol. The van der Waals surface area contributed by atoms with E-state index < -0.39 is 10.0 Å². The number of aliphatic hydroxyl groups is 1. The molecule has 0 radical (unpaired) electrons. The van der Waals surface area contributed by atoms with Gasteiger partial charge in [-0.05, 0) is 35.9 Å². The standard InChI is InChI=1S/C12H21BrN2O4S/c1-4-15(5-2)7-9(3)14-20(17,18)11-6-10(8-16)19-12(11)13/h6,9,14,16H,4-5,7-8H2,1-3H3. The van der Waals surface area contributed by atoms with Crippen molar-refractivity contribution >= 4 is 26.0 Å². The number of hydrogen-bond acceptors (Lipinski definition) is 5. The molecule has 1 aromatic heterocycles. The summed E-state index contributed by atoms with van der Waals surface area (Å²) in [6, 6.07) is 1.09. The molecule has 1 heterocycles. The highest BCUT2D eigenvalue weighted by Gasteiger charge is 2.24. The Morgan fingerprint density at radius 1 is 1.45 bits per heavy atom. The van der Waals surface area contributed by atoms with E-state index in [1.165, 1.54) is 6.07 Å². The first-order chi connectivity index (χ1) is 9.33. The smallest absolute Gasteiger partial charge is 0.245 e. The highest BCUT2D eigenvalue weighted by molar-refractivity contribution is 9.10. The molecule has 116 valence electrons. The van der Waals surface area contributed by atoms with Crippen LogP contribution in [-0.2, 0) is 16.6 Å². The van der Waals surface area contributed by atoms with Gasteiger partial charge in [0.2, 0.25) is 10.0 Å². The number of nitrogens with zero attached hydrogens (tertiary/aromatic N) is 1. The first-order valence-corrected chi connectivity index (χ1v) is 8.75. The third-order valence-electron chi connectivity index (χ3n) is 2.93. The summed E-state index contributed by atoms with van der Waals surface area (Å²) in [5.74, 6) is 0.202. The second kappa shape index (κ2) is 7.56. The molecule has 1 rings (SSSR count). The Morgan fingerprint density at radius 2 is 2.05 bits per heavy atom. The Hall–Kier alpha value is -0.410. The van der Waals surface area contributed by atoms with Crippen molar-refractivity contribution in [3.63, 3.8) is 0 Å². The number of halogens is 1. The van der Waals surface area contributed by atoms with Crippen molar-refractivity contribution in [1.82, 2.24) is 9.62 Å². The topological polar surface area (TPSA) is 82.8 Å². The van der Waals surface area contributed by atoms with Crippen LogP contribution in [0.3, 0.4) is 0 Å². The van der Waals surface area contributed by atoms with Crippen LogP contribution < -0.4 is 4.72 Å². The Bertz CT molecular complexity index is 526. The van der Waals surface area contributed by atoms with Gasteiger partial charge in [-0.3, -0.25) is 0 Å². The van der Waals surface area contributed by atoms with E-state index in [1.54, 1.807) is 0 Å². The highest BCUT2D eigenvalue weighted by Crippen LogP contribution is 2.26. The van der Waals surface area contributed by atoms with Crippen LogP contribution in [0.2, 0.25) is 0 Å². The second-order valence-corrected chi connectivity index (χ2v) is 6.92. The van der Waals surface area contributed by atoms with Gasteiger partial charge in [0.1, 0.15) is 17.3 Å². The summed E-state index contributed by atoms with van der Waals surface area (Å²) in [7, 11) is -3.67. The molecular formula is C12H21BrN2O4S. The van der Waals surface area contributed by atoms with Crippen molar-refractivity contribution in [2.45, 2.75) is 38.3 Å². The summed E-state index contributed by atoms with van der Waals surface area (Å²) >= 11 is 3.05. The summed E-state index contributed by atoms with van der Waals surface area (Å²) in [4.78, 5) is 2.14. The molecule has 1 unspecified atom stereocenters. The van der Waals surface area contributed by atoms with Gasteiger partial charge in [-0.15, -0.1) is 0 Å². The van der Waals surface area contributed by atoms with E-state index in [2.05, 4.69) is 25.6 Å². The Morgan fingerprint density at radius 3 is 2.50 bits per heavy atom. The van der Waals surface area contributed by atoms with Crippen LogP contribution in [0.1, 0.15) is 26.5 Å². The van der Waals surface area contributed by atoms with Crippen LogP contribution in [0.4, 0.5) is 0 Å². The highest BCUT2D eigenvalue weighted by atomic mass is 79.9. The van der Waals surface area contributed by atoms with Crippen molar-refractivity contribution in [1.29, 1.82) is 0 Å². The van der Waals surface area contributed by atoms with Crippen molar-refractivity contribution < 1.29 is 17.9 Å². The summed E-state index contributed by atoms with van der Waals surface area (Å²) in [6.07, 6.45) is 0. The molecular weight excluding hydrogens is 348 g/mol. The number of sulfonamides is 1. The quantitative estimate of drug-likeness (QED) is 0.727. The molecule has 0 aliphatic carbocycles. The summed E-state index contributed by atoms with van der Waals surface area (Å²) in [5, 5.41) is 8.97. The molecule has 1 aromatic rings. The molecule has 0 aromatic carbocycles. The van der Waals surface area contributed by atoms with Crippen LogP contribution in [-0.4, -0.2) is 44.1 Å². The largest absolute Gasteiger partial charge is 0.450 e. The van der Waals surface area contributed by atoms with E-state index in [0.717, 1.165) is 13.1 Å². The third-order valence-corrected chi connectivity index (χ3v) is 5.38. The summed E-state index contributed by atoms with van der Waals surface area (Å²) in [6.45, 7) is 7.91. The predicted octanol–water partition coefficient (Wildman–Crippen LogP) is 1.54. The molecule has 0 fully saturated rings. The maximum Gasteiger partial charge on any atom is 0.245 e. The number of hydrogen-bond donors (Lipinski definition) is 2. The molecule has 0 saturated carbocycles. The second-order valence-electron chi connectivity index (χ2n) is 4.52. The number of likely N-dealkylation sites (N-methyl/N-ethyl adjacent to an activating group) is 1. The predicted molar refractivity (Wildman–Crippen MR) is 79.9 cm³/mol. The molecule has 0 aliphatic rings. The zero-order valence-electron chi connectivity index (χ0n) is 11.9. The van der Waals surface area contributed by atoms with Gasteiger partial charge in [-0.1, -0.05) is 13.8 Å². The zero-order chi connectivity index (χ0) is 15.3. The lowest BCUT2D eigenvalue weighted by Crippen LogP contribution is -2.41. The number of rotatable bonds is 8. The van der Waals surface area contributed by atoms with Gasteiger partial charge in [-0.2, -0.15) is 0 Å². The SMILES string of the molecule is CCN(CC)CC(C)NS(=O)(=O)c1cc(CO)oc1Br. The molecule has 8 heteroatoms. The fourth-order valence-electron chi connectivity index (χ4n) is 1.89. The number of aliphatic hydroxyl groups excluding tert-OH is 1. The molecule has 20 heavy (non-hydrogen) atoms. The fraction of sp³-hybridized carbons (Fsp3) is 0.667. The minimum Gasteiger partial charge on any atom is -0.450 e. The Labute approximate surface area is 128 Å². The minimum atomic E-state index is -3.67. The average Bonchev–Trinajstić information content (AvgIpc) is 2.77. The van der Waals surface area contributed by atoms with E-state index in [1.807, 2.05) is 20.8 Å². The van der Waals surface area contributed by atoms with E-state index in [4.69, 9.17) is 9.52 Å². The third kappa shape index (κ3) is 4.56. The van der Waals surface area contributed by atoms with Gasteiger partial charge >= 0.3 is 0 Å². The van der Waals surface area contributed by atoms with Crippen molar-refractivity contribution in [2.75, 3.05) is 19.6 Å². The Kier molecular flexibility index (Phi) is 6.67. The van der Waals surface area contributed by atoms with Gasteiger partial charge in [0.15, 0.2) is 4.67 Å². The first kappa shape index (κ1) is 17.6. The zero-order valence-corrected chi connectivity index (χ0v) is 14.3. The lowest BCUT2D eigenvalue weighted by molar-refractivity contribution is 0.245. The molecule has 1 atom stereocenters. The molecule has 0 spiro atoms. The maximum atomic E-state index is 12.2. The number of furan rings is 1. The number of nitrogens with one attached hydrogen (secondary N) is 1. The molecule has 0 bridgehead atoms. The van der Waals surface area contributed by atoms with Gasteiger partial charge in [-0.25, -0.2) is 13.1 Å². The van der Waals surface area contributed by atoms with Crippen LogP contribution >= 0.6 is 15.9 Å². The van der Waals surface area contributed by atoms with Crippen molar-refractivity contribution in [3.8, 4) is 0 Å². The monoisotopic (exact) mass is 368 g/mol. The van der Waals surface area contributed by atoms with Crippen molar-refractivity contribution in [2.24, 2.45) is 0 Å². The van der Waals surface area contributed by atoms with Crippen LogP contribution in [0, 0.1) is 0 Å². The van der Waals surface area contributed by atoms with Crippen molar-refractivity contribution in [3.05, 3.63) is 16.5 Å². The lowest BCUT2D eigenvalue weighted by atomic mass is 10.3. The van der Waals surface area contributed by atoms with Gasteiger partial charge in [0, 0.05) is 18.7 Å². The Balaban J connectivity index is 2.81. The van der Waals surface area contributed by atoms with E-state index in [-0.39, 0.29) is 28.0 Å². The van der Waals surface area contributed by atoms with Gasteiger partial charge in [0.25, 0.3) is 0 Å². The first-order valence-electron chi connectivity index (χ1n) is 6.47. The van der Waals surface area contributed by atoms with Gasteiger partial charge in [0.05, 0.1) is 0 Å². The molecule has 0 saturated heterocycles. The fourth-order valence-corrected chi connectivity index (χ4v) is 4.13. The lowest BCUT2D eigenvalue weighted by Gasteiger charge is -2.23. The summed E-state index contributed by atoms with van der Waals surface area (Å²) < 4.78 is 32.3. The van der Waals surface area contributed by atoms with Crippen LogP contribution in [0.5, 0.6) is 0 Å². The normalized spacial score (nSPS) is 13.9. The molecule has 0 amide bonds. The van der Waals surface area contributed by atoms with E-state index in [0.29, 0.717) is 6.54 Å². The van der Waals surface area contributed by atoms with E-state index >= 15 is 0 Å². The van der Waals surface area contributed by atoms with E-state index in [9.17, 15) is 8.42 Å². The molecule has 0 aliphatic heterocycles. The molecule has 6 nitrogen and oxygen atoms in total. The van der Waals surface area contributed by atoms with Crippen LogP contribution in [0.15, 0.2) is 20.0 Å². The minimum absolute atomic E-state index is 0.00736. The van der Waals surface area contributed by atoms with Gasteiger partial charge < -0.3 is 14.4 Å². The maximum absolute atomic E-state index is 12.2. The summed E-state index contributed by atoms with van der Waals surface area (Å²) in [5.41, 5.74) is 0. The molecule has 2 N–H and O–H groups in total.